The van der Waals surface area contributed by atoms with Crippen LogP contribution in [0.3, 0.4) is 0 Å². The Labute approximate surface area is 110 Å². The maximum absolute atomic E-state index is 6.23. The van der Waals surface area contributed by atoms with E-state index in [1.165, 1.54) is 0 Å². The van der Waals surface area contributed by atoms with Crippen LogP contribution in [-0.2, 0) is 0 Å². The summed E-state index contributed by atoms with van der Waals surface area (Å²) in [6.45, 7) is 4.29. The monoisotopic (exact) mass is 269 g/mol. The third kappa shape index (κ3) is 2.38. The van der Waals surface area contributed by atoms with Gasteiger partial charge in [-0.1, -0.05) is 24.6 Å². The largest absolute Gasteiger partial charge is 0.369 e. The fourth-order valence-corrected chi connectivity index (χ4v) is 2.92. The van der Waals surface area contributed by atoms with E-state index in [0.717, 1.165) is 22.5 Å². The minimum atomic E-state index is 0.296. The summed E-state index contributed by atoms with van der Waals surface area (Å²) in [5.74, 6) is 2.65. The van der Waals surface area contributed by atoms with Crippen LogP contribution >= 0.6 is 23.4 Å². The number of nitrogen functional groups attached to an aromatic ring is 1. The third-order valence-corrected chi connectivity index (χ3v) is 4.12. The third-order valence-electron chi connectivity index (χ3n) is 2.69. The van der Waals surface area contributed by atoms with E-state index in [0.29, 0.717) is 17.0 Å². The van der Waals surface area contributed by atoms with Crippen LogP contribution in [0.2, 0.25) is 5.02 Å². The van der Waals surface area contributed by atoms with Crippen molar-refractivity contribution < 1.29 is 0 Å². The highest BCUT2D eigenvalue weighted by molar-refractivity contribution is 7.99. The van der Waals surface area contributed by atoms with Gasteiger partial charge in [0.05, 0.1) is 16.1 Å². The lowest BCUT2D eigenvalue weighted by Crippen LogP contribution is -2.11. The maximum Gasteiger partial charge on any atom is 0.201 e. The molecule has 1 unspecified atom stereocenters. The van der Waals surface area contributed by atoms with Crippen LogP contribution in [0, 0.1) is 0 Å². The van der Waals surface area contributed by atoms with Gasteiger partial charge < -0.3 is 10.3 Å². The zero-order valence-corrected chi connectivity index (χ0v) is 11.6. The number of thioether (sulfide) groups is 1. The molecule has 2 aromatic rings. The number of fused-ring (bicyclic) bond motifs is 1. The molecule has 0 aliphatic carbocycles. The summed E-state index contributed by atoms with van der Waals surface area (Å²) in [5.41, 5.74) is 7.78. The summed E-state index contributed by atoms with van der Waals surface area (Å²) < 4.78 is 2.03. The van der Waals surface area contributed by atoms with E-state index in [1.807, 2.05) is 34.5 Å². The molecule has 1 atom stereocenters. The Bertz CT molecular complexity index is 524. The Hall–Kier alpha value is -0.870. The van der Waals surface area contributed by atoms with E-state index in [1.54, 1.807) is 0 Å². The highest BCUT2D eigenvalue weighted by Crippen LogP contribution is 2.29. The van der Waals surface area contributed by atoms with Gasteiger partial charge >= 0.3 is 0 Å². The van der Waals surface area contributed by atoms with Crippen LogP contribution in [0.15, 0.2) is 18.2 Å². The van der Waals surface area contributed by atoms with Crippen molar-refractivity contribution in [3.05, 3.63) is 23.2 Å². The Balaban J connectivity index is 2.48. The van der Waals surface area contributed by atoms with E-state index in [-0.39, 0.29) is 0 Å². The Kier molecular flexibility index (Phi) is 3.84. The lowest BCUT2D eigenvalue weighted by atomic mass is 10.3. The molecule has 0 aliphatic heterocycles. The van der Waals surface area contributed by atoms with Crippen molar-refractivity contribution in [3.63, 3.8) is 0 Å². The first-order valence-electron chi connectivity index (χ1n) is 5.64. The number of nitrogens with two attached hydrogens (primary N) is 1. The molecule has 0 spiro atoms. The summed E-state index contributed by atoms with van der Waals surface area (Å²) in [6, 6.07) is 6.01. The van der Waals surface area contributed by atoms with E-state index >= 15 is 0 Å². The van der Waals surface area contributed by atoms with Crippen molar-refractivity contribution in [3.8, 4) is 0 Å². The molecule has 0 amide bonds. The topological polar surface area (TPSA) is 43.8 Å². The molecular formula is C12H16ClN3S. The molecule has 3 nitrogen and oxygen atoms in total. The summed E-state index contributed by atoms with van der Waals surface area (Å²) in [7, 11) is 0. The Morgan fingerprint density at radius 2 is 2.29 bits per heavy atom. The molecule has 2 N–H and O–H groups in total. The quantitative estimate of drug-likeness (QED) is 0.923. The van der Waals surface area contributed by atoms with Crippen LogP contribution in [-0.4, -0.2) is 21.1 Å². The second kappa shape index (κ2) is 5.19. The molecule has 5 heteroatoms. The van der Waals surface area contributed by atoms with Gasteiger partial charge in [-0.15, -0.1) is 0 Å². The van der Waals surface area contributed by atoms with Crippen LogP contribution < -0.4 is 5.73 Å². The van der Waals surface area contributed by atoms with Crippen molar-refractivity contribution in [2.45, 2.75) is 19.9 Å². The zero-order chi connectivity index (χ0) is 12.4. The molecule has 0 aliphatic rings. The molecule has 1 aromatic carbocycles. The normalized spacial score (nSPS) is 13.1. The average molecular weight is 270 g/mol. The maximum atomic E-state index is 6.23. The molecule has 0 fully saturated rings. The first kappa shape index (κ1) is 12.6. The molecular weight excluding hydrogens is 254 g/mol. The van der Waals surface area contributed by atoms with Gasteiger partial charge in [0.2, 0.25) is 5.95 Å². The number of benzene rings is 1. The fraction of sp³-hybridized carbons (Fsp3) is 0.417. The van der Waals surface area contributed by atoms with Gasteiger partial charge in [-0.3, -0.25) is 0 Å². The molecule has 92 valence electrons. The van der Waals surface area contributed by atoms with Gasteiger partial charge in [0.1, 0.15) is 0 Å². The average Bonchev–Trinajstić information content (AvgIpc) is 2.64. The molecule has 0 radical (unpaired) electrons. The number of aromatic nitrogens is 2. The second-order valence-corrected chi connectivity index (χ2v) is 5.68. The predicted molar refractivity (Wildman–Crippen MR) is 76.9 cm³/mol. The fourth-order valence-electron chi connectivity index (χ4n) is 1.93. The molecule has 1 aromatic heterocycles. The van der Waals surface area contributed by atoms with Crippen LogP contribution in [0.25, 0.3) is 11.0 Å². The number of rotatable bonds is 4. The molecule has 0 saturated heterocycles. The highest BCUT2D eigenvalue weighted by Gasteiger charge is 2.15. The molecule has 17 heavy (non-hydrogen) atoms. The predicted octanol–water partition coefficient (Wildman–Crippen LogP) is 3.59. The van der Waals surface area contributed by atoms with Crippen molar-refractivity contribution in [2.75, 3.05) is 17.2 Å². The van der Waals surface area contributed by atoms with Crippen molar-refractivity contribution in [1.29, 1.82) is 0 Å². The summed E-state index contributed by atoms with van der Waals surface area (Å²) in [4.78, 5) is 4.35. The van der Waals surface area contributed by atoms with Crippen molar-refractivity contribution in [1.82, 2.24) is 9.55 Å². The van der Waals surface area contributed by atoms with Gasteiger partial charge in [0.15, 0.2) is 0 Å². The van der Waals surface area contributed by atoms with Crippen LogP contribution in [0.1, 0.15) is 19.9 Å². The minimum absolute atomic E-state index is 0.296. The minimum Gasteiger partial charge on any atom is -0.369 e. The molecule has 0 bridgehead atoms. The smallest absolute Gasteiger partial charge is 0.201 e. The highest BCUT2D eigenvalue weighted by atomic mass is 35.5. The van der Waals surface area contributed by atoms with E-state index < -0.39 is 0 Å². The van der Waals surface area contributed by atoms with Gasteiger partial charge in [-0.25, -0.2) is 4.98 Å². The van der Waals surface area contributed by atoms with E-state index in [4.69, 9.17) is 17.3 Å². The zero-order valence-electron chi connectivity index (χ0n) is 9.98. The second-order valence-electron chi connectivity index (χ2n) is 3.96. The molecule has 2 rings (SSSR count). The number of hydrogen-bond acceptors (Lipinski definition) is 3. The van der Waals surface area contributed by atoms with Crippen LogP contribution in [0.5, 0.6) is 0 Å². The summed E-state index contributed by atoms with van der Waals surface area (Å²) in [6.07, 6.45) is 0. The van der Waals surface area contributed by atoms with Gasteiger partial charge in [-0.05, 0) is 24.8 Å². The molecule has 1 heterocycles. The number of nitrogens with zero attached hydrogens (tertiary/aromatic N) is 2. The molecule has 0 saturated carbocycles. The Morgan fingerprint density at radius 3 is 3.00 bits per heavy atom. The summed E-state index contributed by atoms with van der Waals surface area (Å²) in [5, 5.41) is 0.708. The SMILES string of the molecule is CCSCC(C)n1c(N)nc2cccc(Cl)c21. The number of hydrogen-bond donors (Lipinski definition) is 1. The number of halogens is 1. The first-order chi connectivity index (χ1) is 8.15. The number of imidazole rings is 1. The van der Waals surface area contributed by atoms with E-state index in [2.05, 4.69) is 18.8 Å². The van der Waals surface area contributed by atoms with Crippen molar-refractivity contribution in [2.24, 2.45) is 0 Å². The lowest BCUT2D eigenvalue weighted by Gasteiger charge is -2.15. The van der Waals surface area contributed by atoms with Gasteiger partial charge in [-0.2, -0.15) is 11.8 Å². The first-order valence-corrected chi connectivity index (χ1v) is 7.18. The summed E-state index contributed by atoms with van der Waals surface area (Å²) >= 11 is 8.12. The van der Waals surface area contributed by atoms with Crippen molar-refractivity contribution >= 4 is 40.3 Å². The number of para-hydroxylation sites is 1. The lowest BCUT2D eigenvalue weighted by molar-refractivity contribution is 0.637. The van der Waals surface area contributed by atoms with Gasteiger partial charge in [0, 0.05) is 11.8 Å². The van der Waals surface area contributed by atoms with E-state index in [9.17, 15) is 0 Å². The standard InChI is InChI=1S/C12H16ClN3S/c1-3-17-7-8(2)16-11-9(13)5-4-6-10(11)15-12(16)14/h4-6,8H,3,7H2,1-2H3,(H2,14,15). The Morgan fingerprint density at radius 1 is 1.53 bits per heavy atom. The number of anilines is 1. The van der Waals surface area contributed by atoms with Gasteiger partial charge in [0.25, 0.3) is 0 Å². The van der Waals surface area contributed by atoms with Crippen LogP contribution in [0.4, 0.5) is 5.95 Å².